The van der Waals surface area contributed by atoms with E-state index in [4.69, 9.17) is 14.5 Å². The van der Waals surface area contributed by atoms with Crippen LogP contribution in [0.3, 0.4) is 0 Å². The van der Waals surface area contributed by atoms with E-state index in [0.717, 1.165) is 15.0 Å². The molecular weight excluding hydrogens is 486 g/mol. The van der Waals surface area contributed by atoms with Crippen molar-refractivity contribution >= 4 is 44.5 Å². The molecule has 0 atom stereocenters. The average Bonchev–Trinajstić information content (AvgIpc) is 2.86. The van der Waals surface area contributed by atoms with Gasteiger partial charge >= 0.3 is 6.09 Å². The molecule has 33 heavy (non-hydrogen) atoms. The predicted molar refractivity (Wildman–Crippen MR) is 130 cm³/mol. The Balaban J connectivity index is 1.86. The molecule has 4 rings (SSSR count). The minimum absolute atomic E-state index is 0.257. The smallest absolute Gasteiger partial charge is 0.433 e. The maximum atomic E-state index is 13.6. The van der Waals surface area contributed by atoms with Crippen LogP contribution in [-0.4, -0.2) is 31.2 Å². The first kappa shape index (κ1) is 22.3. The Morgan fingerprint density at radius 1 is 0.909 bits per heavy atom. The van der Waals surface area contributed by atoms with Gasteiger partial charge in [0.05, 0.1) is 31.0 Å². The lowest BCUT2D eigenvalue weighted by molar-refractivity contribution is 0.0939. The number of benzene rings is 3. The van der Waals surface area contributed by atoms with Crippen molar-refractivity contribution in [2.45, 2.75) is 0 Å². The number of amides is 2. The van der Waals surface area contributed by atoms with Gasteiger partial charge in [-0.1, -0.05) is 64.5 Å². The number of para-hydroxylation sites is 1. The number of hydrogen-bond donors (Lipinski definition) is 1. The molecule has 1 heterocycles. The van der Waals surface area contributed by atoms with Crippen molar-refractivity contribution in [2.24, 2.45) is 0 Å². The van der Waals surface area contributed by atoms with Crippen LogP contribution in [0.1, 0.15) is 10.4 Å². The van der Waals surface area contributed by atoms with Gasteiger partial charge in [-0.2, -0.15) is 5.01 Å². The molecule has 1 N–H and O–H groups in total. The number of carbonyl (C=O) groups is 2. The molecule has 7 nitrogen and oxygen atoms in total. The lowest BCUT2D eigenvalue weighted by atomic mass is 10.0. The maximum Gasteiger partial charge on any atom is 0.433 e. The lowest BCUT2D eigenvalue weighted by Gasteiger charge is -2.23. The van der Waals surface area contributed by atoms with Crippen LogP contribution < -0.4 is 15.2 Å². The third-order valence-corrected chi connectivity index (χ3v) is 5.51. The number of methoxy groups -OCH3 is 2. The third-order valence-electron chi connectivity index (χ3n) is 4.98. The molecule has 0 bridgehead atoms. The van der Waals surface area contributed by atoms with Gasteiger partial charge in [0, 0.05) is 15.4 Å². The van der Waals surface area contributed by atoms with Gasteiger partial charge in [0.25, 0.3) is 5.91 Å². The normalized spacial score (nSPS) is 10.5. The number of nitrogens with zero attached hydrogens (tertiary/aromatic N) is 2. The summed E-state index contributed by atoms with van der Waals surface area (Å²) in [6.45, 7) is 0. The van der Waals surface area contributed by atoms with Crippen LogP contribution in [-0.2, 0) is 4.74 Å². The minimum Gasteiger partial charge on any atom is -0.494 e. The zero-order valence-electron chi connectivity index (χ0n) is 17.9. The van der Waals surface area contributed by atoms with E-state index in [1.54, 1.807) is 30.3 Å². The van der Waals surface area contributed by atoms with Crippen molar-refractivity contribution in [2.75, 3.05) is 19.2 Å². The Morgan fingerprint density at radius 3 is 2.24 bits per heavy atom. The van der Waals surface area contributed by atoms with Crippen molar-refractivity contribution in [3.8, 4) is 17.0 Å². The van der Waals surface area contributed by atoms with Crippen LogP contribution >= 0.6 is 15.9 Å². The number of halogens is 1. The van der Waals surface area contributed by atoms with Gasteiger partial charge in [-0.05, 0) is 30.3 Å². The second-order valence-corrected chi connectivity index (χ2v) is 7.89. The molecule has 1 aromatic heterocycles. The molecule has 0 aliphatic rings. The van der Waals surface area contributed by atoms with Gasteiger partial charge in [0.2, 0.25) is 0 Å². The molecule has 0 saturated carbocycles. The third kappa shape index (κ3) is 4.51. The van der Waals surface area contributed by atoms with E-state index in [0.29, 0.717) is 28.0 Å². The quantitative estimate of drug-likeness (QED) is 0.365. The number of anilines is 1. The van der Waals surface area contributed by atoms with Crippen molar-refractivity contribution < 1.29 is 19.1 Å². The van der Waals surface area contributed by atoms with Crippen LogP contribution in [0, 0.1) is 0 Å². The van der Waals surface area contributed by atoms with Gasteiger partial charge < -0.3 is 9.47 Å². The molecule has 0 fully saturated rings. The largest absolute Gasteiger partial charge is 0.494 e. The van der Waals surface area contributed by atoms with Crippen LogP contribution in [0.5, 0.6) is 5.75 Å². The topological polar surface area (TPSA) is 80.8 Å². The number of rotatable bonds is 4. The van der Waals surface area contributed by atoms with Crippen LogP contribution in [0.2, 0.25) is 0 Å². The fourth-order valence-electron chi connectivity index (χ4n) is 3.46. The first-order valence-corrected chi connectivity index (χ1v) is 10.8. The summed E-state index contributed by atoms with van der Waals surface area (Å²) in [5, 5.41) is 1.64. The second-order valence-electron chi connectivity index (χ2n) is 6.97. The number of fused-ring (bicyclic) bond motifs is 1. The highest BCUT2D eigenvalue weighted by Crippen LogP contribution is 2.36. The van der Waals surface area contributed by atoms with E-state index >= 15 is 0 Å². The number of hydrazine groups is 1. The summed E-state index contributed by atoms with van der Waals surface area (Å²) in [5.41, 5.74) is 5.29. The Morgan fingerprint density at radius 2 is 1.58 bits per heavy atom. The van der Waals surface area contributed by atoms with Gasteiger partial charge in [0.1, 0.15) is 5.69 Å². The lowest BCUT2D eigenvalue weighted by Crippen LogP contribution is -2.46. The fourth-order valence-corrected chi connectivity index (χ4v) is 3.73. The zero-order valence-corrected chi connectivity index (χ0v) is 19.5. The molecule has 8 heteroatoms. The van der Waals surface area contributed by atoms with Gasteiger partial charge in [-0.25, -0.2) is 9.78 Å². The summed E-state index contributed by atoms with van der Waals surface area (Å²) >= 11 is 3.37. The summed E-state index contributed by atoms with van der Waals surface area (Å²) in [6.07, 6.45) is -0.744. The second kappa shape index (κ2) is 9.70. The van der Waals surface area contributed by atoms with E-state index < -0.39 is 12.0 Å². The Labute approximate surface area is 199 Å². The molecule has 0 aliphatic carbocycles. The molecule has 166 valence electrons. The number of nitrogens with one attached hydrogen (secondary N) is 1. The first-order valence-electron chi connectivity index (χ1n) is 10.00. The molecule has 2 amide bonds. The van der Waals surface area contributed by atoms with E-state index in [-0.39, 0.29) is 5.56 Å². The van der Waals surface area contributed by atoms with E-state index in [1.165, 1.54) is 14.2 Å². The number of ether oxygens (including phenoxy) is 2. The number of pyridine rings is 1. The van der Waals surface area contributed by atoms with Crippen molar-refractivity contribution in [1.82, 2.24) is 10.4 Å². The standard InChI is InChI=1S/C25H20BrN3O4/c1-32-23-21(24(30)28-29(25(31)33-2)18-14-12-17(26)13-15-18)19-10-6-7-11-20(19)27-22(23)16-8-4-3-5-9-16/h3-15H,1-2H3,(H,28,30). The summed E-state index contributed by atoms with van der Waals surface area (Å²) < 4.78 is 11.4. The monoisotopic (exact) mass is 505 g/mol. The van der Waals surface area contributed by atoms with E-state index in [1.807, 2.05) is 48.5 Å². The van der Waals surface area contributed by atoms with E-state index in [9.17, 15) is 9.59 Å². The summed E-state index contributed by atoms with van der Waals surface area (Å²) in [4.78, 5) is 30.9. The Bertz CT molecular complexity index is 1310. The highest BCUT2D eigenvalue weighted by Gasteiger charge is 2.26. The van der Waals surface area contributed by atoms with Gasteiger partial charge in [-0.15, -0.1) is 0 Å². The molecule has 4 aromatic rings. The highest BCUT2D eigenvalue weighted by molar-refractivity contribution is 9.10. The van der Waals surface area contributed by atoms with Crippen molar-refractivity contribution in [3.05, 3.63) is 88.9 Å². The van der Waals surface area contributed by atoms with Gasteiger partial charge in [0.15, 0.2) is 5.75 Å². The molecular formula is C25H20BrN3O4. The van der Waals surface area contributed by atoms with Crippen LogP contribution in [0.25, 0.3) is 22.2 Å². The summed E-state index contributed by atoms with van der Waals surface area (Å²) in [6, 6.07) is 23.6. The number of carbonyl (C=O) groups excluding carboxylic acids is 2. The van der Waals surface area contributed by atoms with Gasteiger partial charge in [-0.3, -0.25) is 10.2 Å². The summed E-state index contributed by atoms with van der Waals surface area (Å²) in [5.74, 6) is -0.242. The van der Waals surface area contributed by atoms with Crippen LogP contribution in [0.4, 0.5) is 10.5 Å². The summed E-state index contributed by atoms with van der Waals surface area (Å²) in [7, 11) is 2.73. The molecule has 0 unspecified atom stereocenters. The molecule has 3 aromatic carbocycles. The fraction of sp³-hybridized carbons (Fsp3) is 0.0800. The minimum atomic E-state index is -0.744. The predicted octanol–water partition coefficient (Wildman–Crippen LogP) is 5.59. The Kier molecular flexibility index (Phi) is 6.55. The number of aromatic nitrogens is 1. The highest BCUT2D eigenvalue weighted by atomic mass is 79.9. The maximum absolute atomic E-state index is 13.6. The molecule has 0 saturated heterocycles. The van der Waals surface area contributed by atoms with E-state index in [2.05, 4.69) is 21.4 Å². The SMILES string of the molecule is COC(=O)N(NC(=O)c1c(OC)c(-c2ccccc2)nc2ccccc12)c1ccc(Br)cc1. The molecule has 0 aliphatic heterocycles. The zero-order chi connectivity index (χ0) is 23.4. The Hall–Kier alpha value is -3.91. The molecule has 0 spiro atoms. The first-order chi connectivity index (χ1) is 16.0. The van der Waals surface area contributed by atoms with Crippen molar-refractivity contribution in [3.63, 3.8) is 0 Å². The average molecular weight is 506 g/mol. The van der Waals surface area contributed by atoms with Crippen LogP contribution in [0.15, 0.2) is 83.3 Å². The molecule has 0 radical (unpaired) electrons. The number of hydrogen-bond acceptors (Lipinski definition) is 5. The van der Waals surface area contributed by atoms with Crippen molar-refractivity contribution in [1.29, 1.82) is 0 Å².